The van der Waals surface area contributed by atoms with Crippen molar-refractivity contribution in [3.63, 3.8) is 0 Å². The summed E-state index contributed by atoms with van der Waals surface area (Å²) in [7, 11) is 0. The molecule has 0 radical (unpaired) electrons. The van der Waals surface area contributed by atoms with Gasteiger partial charge in [0.1, 0.15) is 5.78 Å². The van der Waals surface area contributed by atoms with E-state index in [0.29, 0.717) is 18.6 Å². The average Bonchev–Trinajstić information content (AvgIpc) is 2.88. The predicted molar refractivity (Wildman–Crippen MR) is 70.2 cm³/mol. The minimum atomic E-state index is 0.323. The van der Waals surface area contributed by atoms with Gasteiger partial charge in [0.15, 0.2) is 0 Å². The fraction of sp³-hybridized carbons (Fsp3) is 0.286. The van der Waals surface area contributed by atoms with Crippen molar-refractivity contribution in [3.8, 4) is 0 Å². The van der Waals surface area contributed by atoms with Crippen molar-refractivity contribution in [1.82, 2.24) is 4.98 Å². The molecule has 2 nitrogen and oxygen atoms in total. The van der Waals surface area contributed by atoms with Crippen LogP contribution in [0.2, 0.25) is 0 Å². The smallest absolute Gasteiger partial charge is 0.133 e. The highest BCUT2D eigenvalue weighted by atomic mass is 32.1. The molecule has 2 rings (SSSR count). The molecular weight excluding hydrogens is 230 g/mol. The summed E-state index contributed by atoms with van der Waals surface area (Å²) in [5.41, 5.74) is 0.997. The molecule has 0 aliphatic heterocycles. The number of carbonyl (C=O) groups excluding carboxylic acids is 1. The van der Waals surface area contributed by atoms with E-state index in [0.717, 1.165) is 18.5 Å². The first-order chi connectivity index (χ1) is 8.34. The van der Waals surface area contributed by atoms with Gasteiger partial charge in [0.25, 0.3) is 0 Å². The number of thiophene rings is 1. The number of aromatic nitrogens is 1. The maximum atomic E-state index is 11.7. The zero-order valence-corrected chi connectivity index (χ0v) is 10.5. The third-order valence-electron chi connectivity index (χ3n) is 2.62. The van der Waals surface area contributed by atoms with E-state index in [1.165, 1.54) is 4.88 Å². The lowest BCUT2D eigenvalue weighted by Crippen LogP contribution is -2.02. The second-order valence-electron chi connectivity index (χ2n) is 3.94. The lowest BCUT2D eigenvalue weighted by molar-refractivity contribution is -0.119. The van der Waals surface area contributed by atoms with Gasteiger partial charge in [-0.2, -0.15) is 0 Å². The second-order valence-corrected chi connectivity index (χ2v) is 4.97. The van der Waals surface area contributed by atoms with E-state index in [-0.39, 0.29) is 0 Å². The first-order valence-corrected chi connectivity index (χ1v) is 6.66. The van der Waals surface area contributed by atoms with Crippen molar-refractivity contribution in [1.29, 1.82) is 0 Å². The van der Waals surface area contributed by atoms with Gasteiger partial charge in [-0.25, -0.2) is 0 Å². The van der Waals surface area contributed by atoms with E-state index in [1.54, 1.807) is 17.5 Å². The molecule has 0 bridgehead atoms. The van der Waals surface area contributed by atoms with E-state index >= 15 is 0 Å². The van der Waals surface area contributed by atoms with E-state index in [2.05, 4.69) is 11.1 Å². The van der Waals surface area contributed by atoms with Gasteiger partial charge >= 0.3 is 0 Å². The Hall–Kier alpha value is -1.48. The van der Waals surface area contributed by atoms with Crippen LogP contribution >= 0.6 is 11.3 Å². The summed E-state index contributed by atoms with van der Waals surface area (Å²) in [4.78, 5) is 17.2. The molecule has 0 unspecified atom stereocenters. The van der Waals surface area contributed by atoms with E-state index in [9.17, 15) is 4.79 Å². The van der Waals surface area contributed by atoms with Crippen LogP contribution in [0.5, 0.6) is 0 Å². The van der Waals surface area contributed by atoms with Crippen LogP contribution < -0.4 is 0 Å². The van der Waals surface area contributed by atoms with Crippen LogP contribution in [0.25, 0.3) is 0 Å². The molecule has 0 N–H and O–H groups in total. The fourth-order valence-electron chi connectivity index (χ4n) is 1.66. The summed E-state index contributed by atoms with van der Waals surface area (Å²) in [5, 5.41) is 2.05. The number of pyridine rings is 1. The molecule has 0 aromatic carbocycles. The van der Waals surface area contributed by atoms with Gasteiger partial charge in [-0.05, 0) is 36.4 Å². The topological polar surface area (TPSA) is 30.0 Å². The molecule has 0 aliphatic carbocycles. The molecule has 0 aliphatic rings. The molecule has 17 heavy (non-hydrogen) atoms. The van der Waals surface area contributed by atoms with Crippen LogP contribution in [0.4, 0.5) is 0 Å². The molecule has 2 aromatic rings. The van der Waals surface area contributed by atoms with E-state index in [1.807, 2.05) is 29.6 Å². The summed E-state index contributed by atoms with van der Waals surface area (Å²) >= 11 is 1.71. The number of hydrogen-bond acceptors (Lipinski definition) is 3. The molecule has 0 atom stereocenters. The largest absolute Gasteiger partial charge is 0.300 e. The molecule has 2 heterocycles. The first-order valence-electron chi connectivity index (χ1n) is 5.78. The minimum Gasteiger partial charge on any atom is -0.300 e. The van der Waals surface area contributed by atoms with Crippen molar-refractivity contribution in [2.75, 3.05) is 0 Å². The number of nitrogens with zero attached hydrogens (tertiary/aromatic N) is 1. The number of ketones is 1. The Morgan fingerprint density at radius 3 is 2.71 bits per heavy atom. The van der Waals surface area contributed by atoms with Crippen molar-refractivity contribution in [3.05, 3.63) is 52.5 Å². The second kappa shape index (κ2) is 6.30. The molecule has 0 fully saturated rings. The summed E-state index contributed by atoms with van der Waals surface area (Å²) in [6.07, 6.45) is 4.64. The van der Waals surface area contributed by atoms with Gasteiger partial charge < -0.3 is 0 Å². The SMILES string of the molecule is O=C(CCc1ccccn1)CCc1cccs1. The standard InChI is InChI=1S/C14H15NOS/c16-13(8-9-14-5-3-11-17-14)7-6-12-4-1-2-10-15-12/h1-5,10-11H,6-9H2. The Morgan fingerprint density at radius 2 is 2.00 bits per heavy atom. The number of aryl methyl sites for hydroxylation is 2. The van der Waals surface area contributed by atoms with Crippen molar-refractivity contribution in [2.45, 2.75) is 25.7 Å². The summed E-state index contributed by atoms with van der Waals surface area (Å²) in [6, 6.07) is 9.92. The minimum absolute atomic E-state index is 0.323. The highest BCUT2D eigenvalue weighted by Gasteiger charge is 2.04. The van der Waals surface area contributed by atoms with Crippen LogP contribution in [0.15, 0.2) is 41.9 Å². The van der Waals surface area contributed by atoms with Gasteiger partial charge in [-0.1, -0.05) is 12.1 Å². The maximum absolute atomic E-state index is 11.7. The predicted octanol–water partition coefficient (Wildman–Crippen LogP) is 3.28. The molecule has 0 saturated heterocycles. The van der Waals surface area contributed by atoms with Gasteiger partial charge in [-0.15, -0.1) is 11.3 Å². The molecule has 0 amide bonds. The Morgan fingerprint density at radius 1 is 1.12 bits per heavy atom. The van der Waals surface area contributed by atoms with Crippen molar-refractivity contribution in [2.24, 2.45) is 0 Å². The molecule has 0 saturated carbocycles. The quantitative estimate of drug-likeness (QED) is 0.781. The molecule has 88 valence electrons. The number of rotatable bonds is 6. The average molecular weight is 245 g/mol. The highest BCUT2D eigenvalue weighted by molar-refractivity contribution is 7.09. The van der Waals surface area contributed by atoms with Gasteiger partial charge in [-0.3, -0.25) is 9.78 Å². The molecule has 0 spiro atoms. The van der Waals surface area contributed by atoms with Crippen LogP contribution in [0.3, 0.4) is 0 Å². The monoisotopic (exact) mass is 245 g/mol. The number of Topliss-reactive ketones (excluding diaryl/α,β-unsaturated/α-hetero) is 1. The normalized spacial score (nSPS) is 10.4. The lowest BCUT2D eigenvalue weighted by Gasteiger charge is -2.00. The Bertz CT molecular complexity index is 450. The Balaban J connectivity index is 1.71. The number of carbonyl (C=O) groups is 1. The van der Waals surface area contributed by atoms with Crippen molar-refractivity contribution >= 4 is 17.1 Å². The van der Waals surface area contributed by atoms with Gasteiger partial charge in [0.05, 0.1) is 0 Å². The van der Waals surface area contributed by atoms with Crippen LogP contribution in [-0.4, -0.2) is 10.8 Å². The summed E-state index contributed by atoms with van der Waals surface area (Å²) in [6.45, 7) is 0. The van der Waals surface area contributed by atoms with Crippen LogP contribution in [0, 0.1) is 0 Å². The van der Waals surface area contributed by atoms with Gasteiger partial charge in [0, 0.05) is 29.6 Å². The highest BCUT2D eigenvalue weighted by Crippen LogP contribution is 2.12. The lowest BCUT2D eigenvalue weighted by atomic mass is 10.1. The fourth-order valence-corrected chi connectivity index (χ4v) is 2.36. The van der Waals surface area contributed by atoms with Crippen LogP contribution in [-0.2, 0) is 17.6 Å². The summed E-state index contributed by atoms with van der Waals surface area (Å²) in [5.74, 6) is 0.323. The third-order valence-corrected chi connectivity index (χ3v) is 3.55. The van der Waals surface area contributed by atoms with Gasteiger partial charge in [0.2, 0.25) is 0 Å². The third kappa shape index (κ3) is 4.11. The zero-order valence-electron chi connectivity index (χ0n) is 9.63. The Labute approximate surface area is 105 Å². The Kier molecular flexibility index (Phi) is 4.45. The molecule has 2 aromatic heterocycles. The van der Waals surface area contributed by atoms with Crippen LogP contribution in [0.1, 0.15) is 23.4 Å². The summed E-state index contributed by atoms with van der Waals surface area (Å²) < 4.78 is 0. The maximum Gasteiger partial charge on any atom is 0.133 e. The first kappa shape index (κ1) is 12.0. The van der Waals surface area contributed by atoms with E-state index in [4.69, 9.17) is 0 Å². The number of hydrogen-bond donors (Lipinski definition) is 0. The van der Waals surface area contributed by atoms with E-state index < -0.39 is 0 Å². The molecular formula is C14H15NOS. The van der Waals surface area contributed by atoms with Crippen molar-refractivity contribution < 1.29 is 4.79 Å². The zero-order chi connectivity index (χ0) is 11.9. The molecule has 3 heteroatoms.